The van der Waals surface area contributed by atoms with Crippen LogP contribution in [0, 0.1) is 0 Å². The van der Waals surface area contributed by atoms with Gasteiger partial charge in [0, 0.05) is 93.4 Å². The van der Waals surface area contributed by atoms with E-state index in [4.69, 9.17) is 42.9 Å². The van der Waals surface area contributed by atoms with Crippen LogP contribution in [0.1, 0.15) is 49.1 Å². The summed E-state index contributed by atoms with van der Waals surface area (Å²) in [4.78, 5) is 40.6. The summed E-state index contributed by atoms with van der Waals surface area (Å²) in [5, 5.41) is 12.0. The Kier molecular flexibility index (Phi) is 23.0. The quantitative estimate of drug-likeness (QED) is 0.0440. The number of fused-ring (bicyclic) bond motifs is 2. The summed E-state index contributed by atoms with van der Waals surface area (Å²) < 4.78 is 45.7. The third-order valence-electron chi connectivity index (χ3n) is 13.0. The van der Waals surface area contributed by atoms with Crippen molar-refractivity contribution in [1.29, 1.82) is 0 Å². The van der Waals surface area contributed by atoms with Gasteiger partial charge in [0.15, 0.2) is 0 Å². The molecule has 4 heterocycles. The number of hydrogen-bond acceptors (Lipinski definition) is 15. The lowest BCUT2D eigenvalue weighted by molar-refractivity contribution is -0.121. The molecule has 2 aliphatic heterocycles. The topological polar surface area (TPSA) is 176 Å². The Bertz CT molecular complexity index is 2470. The maximum absolute atomic E-state index is 13.9. The number of hydrogen-bond donors (Lipinski definition) is 3. The molecule has 7 rings (SSSR count). The summed E-state index contributed by atoms with van der Waals surface area (Å²) in [6, 6.07) is 28.1. The highest BCUT2D eigenvalue weighted by Crippen LogP contribution is 2.40. The Labute approximate surface area is 436 Å². The number of piperazine rings is 1. The minimum atomic E-state index is -0.365. The van der Waals surface area contributed by atoms with Gasteiger partial charge in [-0.25, -0.2) is 0 Å². The number of nitrogens with zero attached hydrogens (tertiary/aromatic N) is 4. The van der Waals surface area contributed by atoms with E-state index in [2.05, 4.69) is 58.7 Å². The lowest BCUT2D eigenvalue weighted by atomic mass is 9.91. The lowest BCUT2D eigenvalue weighted by Crippen LogP contribution is -2.59. The van der Waals surface area contributed by atoms with Crippen LogP contribution in [-0.4, -0.2) is 178 Å². The van der Waals surface area contributed by atoms with Gasteiger partial charge in [-0.2, -0.15) is 0 Å². The van der Waals surface area contributed by atoms with Crippen molar-refractivity contribution >= 4 is 34.0 Å². The van der Waals surface area contributed by atoms with Gasteiger partial charge in [0.2, 0.25) is 11.8 Å². The van der Waals surface area contributed by atoms with Crippen molar-refractivity contribution in [3.63, 3.8) is 0 Å². The number of carbonyl (C=O) groups excluding carboxylic acids is 2. The van der Waals surface area contributed by atoms with Gasteiger partial charge in [-0.15, -0.1) is 0 Å². The second-order valence-electron chi connectivity index (χ2n) is 19.3. The van der Waals surface area contributed by atoms with Crippen molar-refractivity contribution < 1.29 is 47.5 Å². The van der Waals surface area contributed by atoms with E-state index >= 15 is 0 Å². The highest BCUT2D eigenvalue weighted by atomic mass is 16.6. The Morgan fingerprint density at radius 1 is 0.770 bits per heavy atom. The summed E-state index contributed by atoms with van der Waals surface area (Å²) in [7, 11) is 1.71. The molecule has 0 radical (unpaired) electrons. The van der Waals surface area contributed by atoms with E-state index in [-0.39, 0.29) is 29.2 Å². The van der Waals surface area contributed by atoms with Crippen molar-refractivity contribution in [2.45, 2.75) is 50.6 Å². The van der Waals surface area contributed by atoms with Crippen LogP contribution in [0.4, 0.5) is 11.4 Å². The number of para-hydroxylation sites is 1. The second-order valence-corrected chi connectivity index (χ2v) is 19.3. The van der Waals surface area contributed by atoms with Crippen LogP contribution < -0.4 is 25.6 Å². The molecule has 74 heavy (non-hydrogen) atoms. The van der Waals surface area contributed by atoms with Gasteiger partial charge < -0.3 is 58.7 Å². The fraction of sp³-hybridized carbons (Fsp3) is 0.509. The summed E-state index contributed by atoms with van der Waals surface area (Å²) in [5.41, 5.74) is 5.34. The molecule has 3 atom stereocenters. The third kappa shape index (κ3) is 17.6. The fourth-order valence-electron chi connectivity index (χ4n) is 9.19. The molecule has 1 fully saturated rings. The van der Waals surface area contributed by atoms with E-state index in [0.717, 1.165) is 63.4 Å². The molecule has 0 aliphatic carbocycles. The molecule has 2 aromatic heterocycles. The zero-order valence-electron chi connectivity index (χ0n) is 43.8. The number of nitrogens with one attached hydrogen (secondary N) is 3. The molecule has 2 aliphatic rings. The van der Waals surface area contributed by atoms with Crippen LogP contribution in [0.15, 0.2) is 104 Å². The fourth-order valence-corrected chi connectivity index (χ4v) is 9.19. The number of carbonyl (C=O) groups is 2. The minimum absolute atomic E-state index is 0.0747. The van der Waals surface area contributed by atoms with Gasteiger partial charge in [0.1, 0.15) is 12.4 Å². The van der Waals surface area contributed by atoms with E-state index in [9.17, 15) is 9.59 Å². The molecule has 0 spiro atoms. The van der Waals surface area contributed by atoms with Crippen molar-refractivity contribution in [1.82, 2.24) is 25.5 Å². The van der Waals surface area contributed by atoms with E-state index in [1.54, 1.807) is 13.3 Å². The molecule has 0 bridgehead atoms. The Morgan fingerprint density at radius 2 is 1.43 bits per heavy atom. The molecule has 400 valence electrons. The first kappa shape index (κ1) is 56.3. The largest absolute Gasteiger partial charge is 0.491 e. The Hall–Kier alpha value is -5.44. The van der Waals surface area contributed by atoms with Gasteiger partial charge in [-0.05, 0) is 59.3 Å². The molecular formula is C57H77N7O10. The van der Waals surface area contributed by atoms with Crippen LogP contribution in [0.25, 0.3) is 10.8 Å². The molecule has 1 saturated heterocycles. The van der Waals surface area contributed by atoms with Gasteiger partial charge in [0.05, 0.1) is 110 Å². The minimum Gasteiger partial charge on any atom is -0.491 e. The molecule has 3 N–H and O–H groups in total. The van der Waals surface area contributed by atoms with Crippen LogP contribution in [-0.2, 0) is 54.6 Å². The van der Waals surface area contributed by atoms with Crippen molar-refractivity contribution in [3.05, 3.63) is 126 Å². The predicted octanol–water partition coefficient (Wildman–Crippen LogP) is 5.64. The van der Waals surface area contributed by atoms with Gasteiger partial charge in [-0.3, -0.25) is 24.5 Å². The van der Waals surface area contributed by atoms with Crippen molar-refractivity contribution in [2.75, 3.05) is 149 Å². The average Bonchev–Trinajstić information content (AvgIpc) is 3.68. The van der Waals surface area contributed by atoms with Gasteiger partial charge >= 0.3 is 0 Å². The molecule has 2 amide bonds. The predicted molar refractivity (Wildman–Crippen MR) is 286 cm³/mol. The van der Waals surface area contributed by atoms with Crippen LogP contribution in [0.3, 0.4) is 0 Å². The van der Waals surface area contributed by atoms with Crippen molar-refractivity contribution in [2.24, 2.45) is 0 Å². The molecule has 5 aromatic rings. The molecule has 0 unspecified atom stereocenters. The molecule has 17 heteroatoms. The number of aromatic nitrogens is 2. The van der Waals surface area contributed by atoms with E-state index in [1.165, 1.54) is 0 Å². The zero-order chi connectivity index (χ0) is 51.8. The van der Waals surface area contributed by atoms with E-state index in [1.807, 2.05) is 90.1 Å². The Balaban J connectivity index is 0.671. The number of rotatable bonds is 33. The first-order valence-corrected chi connectivity index (χ1v) is 26.0. The number of pyridine rings is 2. The first-order valence-electron chi connectivity index (χ1n) is 26.0. The SMILES string of the molecule is COC[C@H]1CN[C@H](C)CN1CC(=O)N1CC(C)(C)c2ncc(Cc3ccccc3OCCOCCOCCOCCOCCOCCOCCNC[C@@H](C(=O)Nc3ccc4cnccc4c3)c3ccccc3)cc21. The molecule has 17 nitrogen and oxygen atoms in total. The summed E-state index contributed by atoms with van der Waals surface area (Å²) in [5.74, 6) is 0.440. The van der Waals surface area contributed by atoms with E-state index < -0.39 is 0 Å². The first-order chi connectivity index (χ1) is 36.2. The maximum Gasteiger partial charge on any atom is 0.241 e. The summed E-state index contributed by atoms with van der Waals surface area (Å²) in [6.45, 7) is 16.6. The summed E-state index contributed by atoms with van der Waals surface area (Å²) >= 11 is 0. The highest BCUT2D eigenvalue weighted by Gasteiger charge is 2.40. The normalized spacial score (nSPS) is 16.8. The second kappa shape index (κ2) is 30.2. The number of methoxy groups -OCH3 is 1. The maximum atomic E-state index is 13.9. The van der Waals surface area contributed by atoms with Crippen LogP contribution in [0.2, 0.25) is 0 Å². The highest BCUT2D eigenvalue weighted by molar-refractivity contribution is 5.98. The van der Waals surface area contributed by atoms with Gasteiger partial charge in [-0.1, -0.05) is 68.4 Å². The zero-order valence-corrected chi connectivity index (χ0v) is 43.8. The van der Waals surface area contributed by atoms with E-state index in [0.29, 0.717) is 131 Å². The monoisotopic (exact) mass is 1020 g/mol. The molecule has 0 saturated carbocycles. The Morgan fingerprint density at radius 3 is 2.14 bits per heavy atom. The van der Waals surface area contributed by atoms with Crippen LogP contribution in [0.5, 0.6) is 5.75 Å². The molecule has 3 aromatic carbocycles. The number of ether oxygens (including phenoxy) is 8. The lowest BCUT2D eigenvalue weighted by Gasteiger charge is -2.39. The van der Waals surface area contributed by atoms with Crippen LogP contribution >= 0.6 is 0 Å². The number of benzene rings is 3. The number of anilines is 2. The van der Waals surface area contributed by atoms with Crippen molar-refractivity contribution in [3.8, 4) is 5.75 Å². The third-order valence-corrected chi connectivity index (χ3v) is 13.0. The average molecular weight is 1020 g/mol. The standard InChI is InChI=1S/C57H77N7O10/c1-43-39-63(50(37-60-43)41-67-4)40-54(65)64-42-57(2,3)55-52(64)33-44(35-61-55)32-47-12-8-9-13-53(47)74-31-30-73-29-28-72-27-26-71-25-24-70-23-22-69-21-20-68-19-18-59-38-51(45-10-6-5-7-11-45)56(66)62-49-15-14-48-36-58-17-16-46(48)34-49/h5-17,33-36,43,50-51,59-60H,18-32,37-42H2,1-4H3,(H,62,66)/t43-,50-,51-/m1/s1. The smallest absolute Gasteiger partial charge is 0.241 e. The summed E-state index contributed by atoms with van der Waals surface area (Å²) in [6.07, 6.45) is 6.10. The van der Waals surface area contributed by atoms with Gasteiger partial charge in [0.25, 0.3) is 0 Å². The molecular weight excluding hydrogens is 943 g/mol. The number of amides is 2.